The van der Waals surface area contributed by atoms with Crippen LogP contribution in [0.25, 0.3) is 0 Å². The molecule has 3 unspecified atom stereocenters. The van der Waals surface area contributed by atoms with Crippen molar-refractivity contribution >= 4 is 11.8 Å². The molecular formula is C12H22N2S. The highest BCUT2D eigenvalue weighted by molar-refractivity contribution is 7.99. The molecular weight excluding hydrogens is 204 g/mol. The summed E-state index contributed by atoms with van der Waals surface area (Å²) in [5.41, 5.74) is 0. The zero-order chi connectivity index (χ0) is 10.3. The fourth-order valence-electron chi connectivity index (χ4n) is 2.93. The van der Waals surface area contributed by atoms with Crippen LogP contribution in [0.5, 0.6) is 0 Å². The first-order valence-electron chi connectivity index (χ1n) is 6.41. The van der Waals surface area contributed by atoms with Crippen LogP contribution >= 0.6 is 11.8 Å². The summed E-state index contributed by atoms with van der Waals surface area (Å²) >= 11 is 2.11. The van der Waals surface area contributed by atoms with Gasteiger partial charge < -0.3 is 5.32 Å². The molecule has 2 aliphatic heterocycles. The number of nitrogens with one attached hydrogen (secondary N) is 1. The molecule has 0 aromatic heterocycles. The van der Waals surface area contributed by atoms with E-state index in [1.165, 1.54) is 43.9 Å². The van der Waals surface area contributed by atoms with Gasteiger partial charge in [0, 0.05) is 37.0 Å². The topological polar surface area (TPSA) is 15.3 Å². The molecule has 86 valence electrons. The van der Waals surface area contributed by atoms with Gasteiger partial charge in [-0.2, -0.15) is 11.8 Å². The van der Waals surface area contributed by atoms with Gasteiger partial charge in [-0.15, -0.1) is 0 Å². The molecule has 15 heavy (non-hydrogen) atoms. The molecule has 0 aromatic rings. The Hall–Kier alpha value is 0.270. The van der Waals surface area contributed by atoms with Crippen LogP contribution < -0.4 is 5.32 Å². The Kier molecular flexibility index (Phi) is 2.97. The van der Waals surface area contributed by atoms with E-state index in [1.807, 2.05) is 0 Å². The van der Waals surface area contributed by atoms with Crippen molar-refractivity contribution in [1.82, 2.24) is 10.2 Å². The minimum Gasteiger partial charge on any atom is -0.309 e. The van der Waals surface area contributed by atoms with Crippen molar-refractivity contribution in [1.29, 1.82) is 0 Å². The number of rotatable bonds is 3. The second-order valence-corrected chi connectivity index (χ2v) is 6.65. The predicted octanol–water partition coefficient (Wildman–Crippen LogP) is 1.56. The van der Waals surface area contributed by atoms with Crippen molar-refractivity contribution in [2.45, 2.75) is 44.3 Å². The summed E-state index contributed by atoms with van der Waals surface area (Å²) in [6, 6.07) is 2.54. The molecule has 0 spiro atoms. The normalized spacial score (nSPS) is 42.6. The highest BCUT2D eigenvalue weighted by Crippen LogP contribution is 2.32. The van der Waals surface area contributed by atoms with Gasteiger partial charge in [-0.1, -0.05) is 6.92 Å². The lowest BCUT2D eigenvalue weighted by molar-refractivity contribution is 0.311. The van der Waals surface area contributed by atoms with Gasteiger partial charge in [0.15, 0.2) is 0 Å². The van der Waals surface area contributed by atoms with Gasteiger partial charge in [0.1, 0.15) is 0 Å². The van der Waals surface area contributed by atoms with Crippen molar-refractivity contribution in [3.63, 3.8) is 0 Å². The maximum absolute atomic E-state index is 3.88. The first kappa shape index (κ1) is 10.4. The van der Waals surface area contributed by atoms with Gasteiger partial charge in [0.05, 0.1) is 0 Å². The molecule has 3 fully saturated rings. The Bertz CT molecular complexity index is 224. The quantitative estimate of drug-likeness (QED) is 0.786. The largest absolute Gasteiger partial charge is 0.309 e. The van der Waals surface area contributed by atoms with Crippen LogP contribution in [-0.2, 0) is 0 Å². The number of hydrogen-bond acceptors (Lipinski definition) is 3. The fraction of sp³-hybridized carbons (Fsp3) is 1.00. The molecule has 3 aliphatic rings. The van der Waals surface area contributed by atoms with Crippen LogP contribution in [0.3, 0.4) is 0 Å². The van der Waals surface area contributed by atoms with Gasteiger partial charge in [0.2, 0.25) is 0 Å². The van der Waals surface area contributed by atoms with Crippen molar-refractivity contribution in [3.8, 4) is 0 Å². The zero-order valence-electron chi connectivity index (χ0n) is 9.61. The summed E-state index contributed by atoms with van der Waals surface area (Å²) in [5.74, 6) is 3.56. The third-order valence-corrected chi connectivity index (χ3v) is 5.25. The van der Waals surface area contributed by atoms with Crippen LogP contribution in [-0.4, -0.2) is 47.6 Å². The third-order valence-electron chi connectivity index (χ3n) is 4.08. The Balaban J connectivity index is 1.52. The SMILES string of the molecule is CC1CN(C2CC2)CC1NC1CCSC1. The van der Waals surface area contributed by atoms with Crippen LogP contribution in [0.4, 0.5) is 0 Å². The zero-order valence-corrected chi connectivity index (χ0v) is 10.4. The Labute approximate surface area is 97.2 Å². The van der Waals surface area contributed by atoms with Crippen LogP contribution in [0.2, 0.25) is 0 Å². The third kappa shape index (κ3) is 2.34. The van der Waals surface area contributed by atoms with E-state index in [2.05, 4.69) is 28.9 Å². The molecule has 0 aromatic carbocycles. The molecule has 0 amide bonds. The van der Waals surface area contributed by atoms with Crippen LogP contribution in [0, 0.1) is 5.92 Å². The molecule has 1 aliphatic carbocycles. The molecule has 2 saturated heterocycles. The standard InChI is InChI=1S/C12H22N2S/c1-9-6-14(11-2-3-11)7-12(9)13-10-4-5-15-8-10/h9-13H,2-8H2,1H3. The van der Waals surface area contributed by atoms with Gasteiger partial charge >= 0.3 is 0 Å². The van der Waals surface area contributed by atoms with E-state index in [4.69, 9.17) is 0 Å². The second-order valence-electron chi connectivity index (χ2n) is 5.50. The molecule has 2 nitrogen and oxygen atoms in total. The molecule has 3 heteroatoms. The Morgan fingerprint density at radius 2 is 2.07 bits per heavy atom. The van der Waals surface area contributed by atoms with Crippen molar-refractivity contribution in [2.24, 2.45) is 5.92 Å². The second kappa shape index (κ2) is 4.27. The molecule has 0 bridgehead atoms. The van der Waals surface area contributed by atoms with E-state index < -0.39 is 0 Å². The molecule has 1 N–H and O–H groups in total. The predicted molar refractivity (Wildman–Crippen MR) is 66.4 cm³/mol. The maximum Gasteiger partial charge on any atom is 0.0235 e. The molecule has 2 heterocycles. The van der Waals surface area contributed by atoms with Crippen LogP contribution in [0.15, 0.2) is 0 Å². The van der Waals surface area contributed by atoms with Gasteiger partial charge in [-0.3, -0.25) is 4.90 Å². The number of nitrogens with zero attached hydrogens (tertiary/aromatic N) is 1. The van der Waals surface area contributed by atoms with Crippen LogP contribution in [0.1, 0.15) is 26.2 Å². The smallest absolute Gasteiger partial charge is 0.0235 e. The minimum atomic E-state index is 0.772. The summed E-state index contributed by atoms with van der Waals surface area (Å²) in [7, 11) is 0. The van der Waals surface area contributed by atoms with E-state index in [9.17, 15) is 0 Å². The molecule has 1 saturated carbocycles. The monoisotopic (exact) mass is 226 g/mol. The van der Waals surface area contributed by atoms with Crippen molar-refractivity contribution in [3.05, 3.63) is 0 Å². The van der Waals surface area contributed by atoms with Crippen molar-refractivity contribution < 1.29 is 0 Å². The highest BCUT2D eigenvalue weighted by Gasteiger charge is 2.38. The summed E-state index contributed by atoms with van der Waals surface area (Å²) in [5, 5.41) is 3.88. The first-order valence-corrected chi connectivity index (χ1v) is 7.56. The lowest BCUT2D eigenvalue weighted by atomic mass is 10.1. The summed E-state index contributed by atoms with van der Waals surface area (Å²) in [6.07, 6.45) is 4.30. The first-order chi connectivity index (χ1) is 7.33. The van der Waals surface area contributed by atoms with E-state index >= 15 is 0 Å². The molecule has 3 atom stereocenters. The van der Waals surface area contributed by atoms with E-state index in [0.29, 0.717) is 0 Å². The molecule has 0 radical (unpaired) electrons. The molecule has 3 rings (SSSR count). The van der Waals surface area contributed by atoms with Gasteiger partial charge in [0.25, 0.3) is 0 Å². The number of hydrogen-bond donors (Lipinski definition) is 1. The van der Waals surface area contributed by atoms with Crippen molar-refractivity contribution in [2.75, 3.05) is 24.6 Å². The Morgan fingerprint density at radius 1 is 1.20 bits per heavy atom. The minimum absolute atomic E-state index is 0.772. The number of likely N-dealkylation sites (tertiary alicyclic amines) is 1. The summed E-state index contributed by atoms with van der Waals surface area (Å²) in [4.78, 5) is 2.71. The average molecular weight is 226 g/mol. The van der Waals surface area contributed by atoms with Gasteiger partial charge in [-0.25, -0.2) is 0 Å². The average Bonchev–Trinajstić information content (AvgIpc) is 2.84. The lowest BCUT2D eigenvalue weighted by Crippen LogP contribution is -2.42. The maximum atomic E-state index is 3.88. The highest BCUT2D eigenvalue weighted by atomic mass is 32.2. The van der Waals surface area contributed by atoms with E-state index in [0.717, 1.165) is 24.0 Å². The van der Waals surface area contributed by atoms with E-state index in [-0.39, 0.29) is 0 Å². The summed E-state index contributed by atoms with van der Waals surface area (Å²) < 4.78 is 0. The van der Waals surface area contributed by atoms with E-state index in [1.54, 1.807) is 0 Å². The van der Waals surface area contributed by atoms with Gasteiger partial charge in [-0.05, 0) is 30.9 Å². The Morgan fingerprint density at radius 3 is 2.73 bits per heavy atom. The lowest BCUT2D eigenvalue weighted by Gasteiger charge is -2.21. The number of thioether (sulfide) groups is 1. The summed E-state index contributed by atoms with van der Waals surface area (Å²) in [6.45, 7) is 5.07. The fourth-order valence-corrected chi connectivity index (χ4v) is 4.09.